The molecule has 0 aliphatic heterocycles. The van der Waals surface area contributed by atoms with Crippen LogP contribution in [0.5, 0.6) is 0 Å². The summed E-state index contributed by atoms with van der Waals surface area (Å²) in [6.45, 7) is 8.31. The Morgan fingerprint density at radius 1 is 1.47 bits per heavy atom. The zero-order valence-electron chi connectivity index (χ0n) is 11.2. The minimum Gasteiger partial charge on any atom is -0.309 e. The molecule has 0 aromatic carbocycles. The Hall–Kier alpha value is -0.540. The maximum Gasteiger partial charge on any atom is 0.0625 e. The van der Waals surface area contributed by atoms with Gasteiger partial charge in [-0.1, -0.05) is 6.92 Å². The quantitative estimate of drug-likeness (QED) is 0.726. The molecule has 3 nitrogen and oxygen atoms in total. The first kappa shape index (κ1) is 14.5. The van der Waals surface area contributed by atoms with Crippen molar-refractivity contribution in [2.75, 3.05) is 5.88 Å². The van der Waals surface area contributed by atoms with Gasteiger partial charge in [0, 0.05) is 25.0 Å². The van der Waals surface area contributed by atoms with Gasteiger partial charge in [0.05, 0.1) is 11.4 Å². The zero-order chi connectivity index (χ0) is 12.7. The molecule has 0 aliphatic carbocycles. The van der Waals surface area contributed by atoms with Gasteiger partial charge in [-0.15, -0.1) is 11.6 Å². The molecule has 0 spiro atoms. The number of nitrogens with zero attached hydrogens (tertiary/aromatic N) is 2. The van der Waals surface area contributed by atoms with Crippen molar-refractivity contribution in [3.63, 3.8) is 0 Å². The van der Waals surface area contributed by atoms with Crippen LogP contribution in [0.15, 0.2) is 6.07 Å². The minimum atomic E-state index is 0.513. The molecule has 1 rings (SSSR count). The predicted molar refractivity (Wildman–Crippen MR) is 73.5 cm³/mol. The standard InChI is InChI=1S/C13H24ClN3/c1-4-12-9-13(17(5-2)16-12)10-15-11(3)7-6-8-14/h9,11,15H,4-8,10H2,1-3H3. The molecule has 1 aromatic heterocycles. The third-order valence-electron chi connectivity index (χ3n) is 2.98. The van der Waals surface area contributed by atoms with Crippen LogP contribution in [-0.2, 0) is 19.5 Å². The van der Waals surface area contributed by atoms with Gasteiger partial charge in [0.2, 0.25) is 0 Å². The van der Waals surface area contributed by atoms with E-state index in [0.717, 1.165) is 38.2 Å². The molecule has 98 valence electrons. The molecule has 0 amide bonds. The number of rotatable bonds is 8. The average molecular weight is 258 g/mol. The van der Waals surface area contributed by atoms with E-state index in [-0.39, 0.29) is 0 Å². The van der Waals surface area contributed by atoms with Crippen LogP contribution in [-0.4, -0.2) is 21.7 Å². The van der Waals surface area contributed by atoms with Crippen molar-refractivity contribution in [2.45, 2.75) is 59.2 Å². The normalized spacial score (nSPS) is 12.9. The van der Waals surface area contributed by atoms with Crippen LogP contribution in [0.2, 0.25) is 0 Å². The second-order valence-electron chi connectivity index (χ2n) is 4.41. The van der Waals surface area contributed by atoms with Gasteiger partial charge in [-0.25, -0.2) is 0 Å². The molecule has 1 atom stereocenters. The van der Waals surface area contributed by atoms with Crippen molar-refractivity contribution >= 4 is 11.6 Å². The van der Waals surface area contributed by atoms with Crippen LogP contribution in [0, 0.1) is 0 Å². The fraction of sp³-hybridized carbons (Fsp3) is 0.769. The van der Waals surface area contributed by atoms with Gasteiger partial charge < -0.3 is 5.32 Å². The molecule has 1 unspecified atom stereocenters. The maximum absolute atomic E-state index is 5.69. The molecule has 1 heterocycles. The Labute approximate surface area is 110 Å². The Morgan fingerprint density at radius 3 is 2.82 bits per heavy atom. The topological polar surface area (TPSA) is 29.9 Å². The summed E-state index contributed by atoms with van der Waals surface area (Å²) in [5, 5.41) is 8.07. The zero-order valence-corrected chi connectivity index (χ0v) is 11.9. The predicted octanol–water partition coefficient (Wildman–Crippen LogP) is 2.96. The van der Waals surface area contributed by atoms with Crippen molar-refractivity contribution < 1.29 is 0 Å². The minimum absolute atomic E-state index is 0.513. The molecule has 0 radical (unpaired) electrons. The lowest BCUT2D eigenvalue weighted by atomic mass is 10.2. The van der Waals surface area contributed by atoms with Gasteiger partial charge in [-0.05, 0) is 39.2 Å². The lowest BCUT2D eigenvalue weighted by molar-refractivity contribution is 0.488. The van der Waals surface area contributed by atoms with Gasteiger partial charge in [0.15, 0.2) is 0 Å². The number of hydrogen-bond acceptors (Lipinski definition) is 2. The number of halogens is 1. The molecule has 0 saturated carbocycles. The number of nitrogens with one attached hydrogen (secondary N) is 1. The summed E-state index contributed by atoms with van der Waals surface area (Å²) in [5.74, 6) is 0.749. The number of alkyl halides is 1. The first-order chi connectivity index (χ1) is 8.21. The molecule has 0 fully saturated rings. The highest BCUT2D eigenvalue weighted by molar-refractivity contribution is 6.17. The monoisotopic (exact) mass is 257 g/mol. The van der Waals surface area contributed by atoms with Gasteiger partial charge >= 0.3 is 0 Å². The second-order valence-corrected chi connectivity index (χ2v) is 4.79. The van der Waals surface area contributed by atoms with Gasteiger partial charge in [0.25, 0.3) is 0 Å². The first-order valence-electron chi connectivity index (χ1n) is 6.56. The molecule has 4 heteroatoms. The summed E-state index contributed by atoms with van der Waals surface area (Å²) in [6, 6.07) is 2.71. The Kier molecular flexibility index (Phi) is 6.60. The van der Waals surface area contributed by atoms with E-state index in [1.165, 1.54) is 11.4 Å². The fourth-order valence-corrected chi connectivity index (χ4v) is 2.02. The highest BCUT2D eigenvalue weighted by Gasteiger charge is 2.07. The summed E-state index contributed by atoms with van der Waals surface area (Å²) in [4.78, 5) is 0. The van der Waals surface area contributed by atoms with E-state index in [0.29, 0.717) is 6.04 Å². The molecule has 1 aromatic rings. The molecular formula is C13H24ClN3. The third kappa shape index (κ3) is 4.68. The van der Waals surface area contributed by atoms with Gasteiger partial charge in [-0.3, -0.25) is 4.68 Å². The highest BCUT2D eigenvalue weighted by atomic mass is 35.5. The number of aromatic nitrogens is 2. The lowest BCUT2D eigenvalue weighted by Crippen LogP contribution is -2.26. The Bertz CT molecular complexity index is 322. The molecule has 0 aliphatic rings. The maximum atomic E-state index is 5.69. The van der Waals surface area contributed by atoms with E-state index in [9.17, 15) is 0 Å². The molecule has 0 bridgehead atoms. The summed E-state index contributed by atoms with van der Waals surface area (Å²) < 4.78 is 2.08. The molecular weight excluding hydrogens is 234 g/mol. The second kappa shape index (κ2) is 7.72. The van der Waals surface area contributed by atoms with Crippen LogP contribution >= 0.6 is 11.6 Å². The van der Waals surface area contributed by atoms with Crippen molar-refractivity contribution in [3.8, 4) is 0 Å². The largest absolute Gasteiger partial charge is 0.309 e. The van der Waals surface area contributed by atoms with E-state index in [2.05, 4.69) is 41.9 Å². The number of aryl methyl sites for hydroxylation is 2. The van der Waals surface area contributed by atoms with Crippen LogP contribution < -0.4 is 5.32 Å². The van der Waals surface area contributed by atoms with Crippen molar-refractivity contribution in [2.24, 2.45) is 0 Å². The molecule has 0 saturated heterocycles. The van der Waals surface area contributed by atoms with E-state index >= 15 is 0 Å². The van der Waals surface area contributed by atoms with Gasteiger partial charge in [0.1, 0.15) is 0 Å². The van der Waals surface area contributed by atoms with E-state index in [1.807, 2.05) is 0 Å². The van der Waals surface area contributed by atoms with E-state index in [4.69, 9.17) is 11.6 Å². The first-order valence-corrected chi connectivity index (χ1v) is 7.09. The molecule has 17 heavy (non-hydrogen) atoms. The summed E-state index contributed by atoms with van der Waals surface area (Å²) >= 11 is 5.69. The average Bonchev–Trinajstić information content (AvgIpc) is 2.76. The lowest BCUT2D eigenvalue weighted by Gasteiger charge is -2.13. The third-order valence-corrected chi connectivity index (χ3v) is 3.25. The van der Waals surface area contributed by atoms with Gasteiger partial charge in [-0.2, -0.15) is 5.10 Å². The van der Waals surface area contributed by atoms with Crippen molar-refractivity contribution in [1.82, 2.24) is 15.1 Å². The van der Waals surface area contributed by atoms with Crippen LogP contribution in [0.1, 0.15) is 45.0 Å². The summed E-state index contributed by atoms with van der Waals surface area (Å²) in [5.41, 5.74) is 2.46. The van der Waals surface area contributed by atoms with E-state index in [1.54, 1.807) is 0 Å². The number of hydrogen-bond donors (Lipinski definition) is 1. The Morgan fingerprint density at radius 2 is 2.24 bits per heavy atom. The Balaban J connectivity index is 2.47. The highest BCUT2D eigenvalue weighted by Crippen LogP contribution is 2.06. The fourth-order valence-electron chi connectivity index (χ4n) is 1.87. The SMILES string of the molecule is CCc1cc(CNC(C)CCCCl)n(CC)n1. The van der Waals surface area contributed by atoms with E-state index < -0.39 is 0 Å². The smallest absolute Gasteiger partial charge is 0.0625 e. The summed E-state index contributed by atoms with van der Waals surface area (Å²) in [7, 11) is 0. The van der Waals surface area contributed by atoms with Crippen molar-refractivity contribution in [1.29, 1.82) is 0 Å². The summed E-state index contributed by atoms with van der Waals surface area (Å²) in [6.07, 6.45) is 3.20. The van der Waals surface area contributed by atoms with Crippen molar-refractivity contribution in [3.05, 3.63) is 17.5 Å². The van der Waals surface area contributed by atoms with Crippen LogP contribution in [0.3, 0.4) is 0 Å². The van der Waals surface area contributed by atoms with Crippen LogP contribution in [0.25, 0.3) is 0 Å². The van der Waals surface area contributed by atoms with Crippen LogP contribution in [0.4, 0.5) is 0 Å². The molecule has 1 N–H and O–H groups in total.